The Hall–Kier alpha value is -2.38. The van der Waals surface area contributed by atoms with E-state index in [1.165, 1.54) is 0 Å². The molecule has 1 saturated heterocycles. The minimum absolute atomic E-state index is 0.253. The normalized spacial score (nSPS) is 18.3. The molecule has 0 aromatic carbocycles. The molecule has 1 aromatic rings. The molecule has 0 spiro atoms. The van der Waals surface area contributed by atoms with Crippen LogP contribution >= 0.6 is 0 Å². The van der Waals surface area contributed by atoms with E-state index in [1.54, 1.807) is 13.0 Å². The Kier molecular flexibility index (Phi) is 4.25. The summed E-state index contributed by atoms with van der Waals surface area (Å²) in [5.74, 6) is 0.198. The maximum atomic E-state index is 12.1. The Morgan fingerprint density at radius 3 is 2.81 bits per heavy atom. The van der Waals surface area contributed by atoms with Gasteiger partial charge in [0.05, 0.1) is 0 Å². The zero-order valence-corrected chi connectivity index (χ0v) is 12.2. The van der Waals surface area contributed by atoms with Gasteiger partial charge in [-0.2, -0.15) is 0 Å². The van der Waals surface area contributed by atoms with E-state index in [2.05, 4.69) is 15.8 Å². The van der Waals surface area contributed by atoms with Gasteiger partial charge >= 0.3 is 6.03 Å². The molecule has 0 saturated carbocycles. The second-order valence-electron chi connectivity index (χ2n) is 5.43. The number of urea groups is 1. The minimum atomic E-state index is -0.556. The van der Waals surface area contributed by atoms with Gasteiger partial charge in [-0.3, -0.25) is 14.5 Å². The lowest BCUT2D eigenvalue weighted by molar-refractivity contribution is -0.131. The highest BCUT2D eigenvalue weighted by Gasteiger charge is 2.39. The summed E-state index contributed by atoms with van der Waals surface area (Å²) in [6.45, 7) is 5.27. The Morgan fingerprint density at radius 1 is 1.52 bits per heavy atom. The van der Waals surface area contributed by atoms with Gasteiger partial charge in [0.25, 0.3) is 5.91 Å². The van der Waals surface area contributed by atoms with Crippen LogP contribution in [-0.2, 0) is 9.59 Å². The van der Waals surface area contributed by atoms with Crippen LogP contribution in [0.5, 0.6) is 0 Å². The van der Waals surface area contributed by atoms with Crippen molar-refractivity contribution < 1.29 is 18.9 Å². The molecular formula is C13H18N4O4. The van der Waals surface area contributed by atoms with Crippen LogP contribution in [0.15, 0.2) is 10.6 Å². The van der Waals surface area contributed by atoms with E-state index in [9.17, 15) is 14.4 Å². The van der Waals surface area contributed by atoms with Crippen LogP contribution in [0, 0.1) is 12.8 Å². The average molecular weight is 294 g/mol. The fraction of sp³-hybridized carbons (Fsp3) is 0.538. The number of imide groups is 1. The fourth-order valence-corrected chi connectivity index (χ4v) is 2.11. The lowest BCUT2D eigenvalue weighted by Crippen LogP contribution is -2.38. The van der Waals surface area contributed by atoms with Crippen molar-refractivity contribution in [3.8, 4) is 0 Å². The second-order valence-corrected chi connectivity index (χ2v) is 5.43. The monoisotopic (exact) mass is 294 g/mol. The Balaban J connectivity index is 1.94. The molecule has 8 heteroatoms. The smallest absolute Gasteiger partial charge is 0.325 e. The summed E-state index contributed by atoms with van der Waals surface area (Å²) in [5, 5.41) is 8.66. The van der Waals surface area contributed by atoms with Gasteiger partial charge in [-0.25, -0.2) is 4.79 Å². The summed E-state index contributed by atoms with van der Waals surface area (Å²) >= 11 is 0. The van der Waals surface area contributed by atoms with Gasteiger partial charge in [-0.15, -0.1) is 0 Å². The molecule has 2 heterocycles. The summed E-state index contributed by atoms with van der Waals surface area (Å²) in [6.07, 6.45) is 0.547. The van der Waals surface area contributed by atoms with Crippen molar-refractivity contribution in [3.63, 3.8) is 0 Å². The van der Waals surface area contributed by atoms with Gasteiger partial charge < -0.3 is 15.2 Å². The zero-order chi connectivity index (χ0) is 15.6. The Labute approximate surface area is 121 Å². The van der Waals surface area contributed by atoms with E-state index in [0.29, 0.717) is 12.2 Å². The first-order valence-electron chi connectivity index (χ1n) is 6.72. The number of aryl methyl sites for hydroxylation is 1. The molecule has 2 N–H and O–H groups in total. The first kappa shape index (κ1) is 15.0. The van der Waals surface area contributed by atoms with E-state index in [0.717, 1.165) is 4.90 Å². The van der Waals surface area contributed by atoms with E-state index in [-0.39, 0.29) is 24.2 Å². The molecule has 1 fully saturated rings. The van der Waals surface area contributed by atoms with Gasteiger partial charge in [0, 0.05) is 6.07 Å². The molecule has 2 rings (SSSR count). The number of amides is 4. The lowest BCUT2D eigenvalue weighted by atomic mass is 10.0. The third-order valence-corrected chi connectivity index (χ3v) is 3.01. The summed E-state index contributed by atoms with van der Waals surface area (Å²) in [4.78, 5) is 36.6. The van der Waals surface area contributed by atoms with Gasteiger partial charge in [-0.1, -0.05) is 19.0 Å². The highest BCUT2D eigenvalue weighted by atomic mass is 16.5. The number of hydrogen-bond donors (Lipinski definition) is 2. The fourth-order valence-electron chi connectivity index (χ4n) is 2.11. The van der Waals surface area contributed by atoms with E-state index in [4.69, 9.17) is 4.52 Å². The Morgan fingerprint density at radius 2 is 2.24 bits per heavy atom. The van der Waals surface area contributed by atoms with Gasteiger partial charge in [0.15, 0.2) is 5.82 Å². The summed E-state index contributed by atoms with van der Waals surface area (Å²) < 4.78 is 4.81. The standard InChI is InChI=1S/C13H18N4O4/c1-7(2)4-9-12(19)17(13(20)14-9)6-11(18)15-10-5-8(3)21-16-10/h5,7,9H,4,6H2,1-3H3,(H,14,20)(H,15,16,18)/t9-/m0/s1. The molecule has 0 bridgehead atoms. The maximum Gasteiger partial charge on any atom is 0.325 e. The van der Waals surface area contributed by atoms with Crippen LogP contribution in [0.25, 0.3) is 0 Å². The Bertz CT molecular complexity index is 566. The van der Waals surface area contributed by atoms with E-state index >= 15 is 0 Å². The molecule has 114 valence electrons. The number of carbonyl (C=O) groups excluding carboxylic acids is 3. The molecular weight excluding hydrogens is 276 g/mol. The first-order chi connectivity index (χ1) is 9.86. The highest BCUT2D eigenvalue weighted by molar-refractivity contribution is 6.07. The molecule has 0 radical (unpaired) electrons. The van der Waals surface area contributed by atoms with Crippen molar-refractivity contribution in [2.45, 2.75) is 33.2 Å². The first-order valence-corrected chi connectivity index (χ1v) is 6.72. The molecule has 1 aromatic heterocycles. The van der Waals surface area contributed by atoms with Gasteiger partial charge in [-0.05, 0) is 19.3 Å². The molecule has 1 atom stereocenters. The summed E-state index contributed by atoms with van der Waals surface area (Å²) in [6, 6.07) is 0.447. The number of anilines is 1. The van der Waals surface area contributed by atoms with Crippen LogP contribution in [0.4, 0.5) is 10.6 Å². The number of carbonyl (C=O) groups is 3. The number of aromatic nitrogens is 1. The highest BCUT2D eigenvalue weighted by Crippen LogP contribution is 2.14. The number of nitrogens with one attached hydrogen (secondary N) is 2. The van der Waals surface area contributed by atoms with Gasteiger partial charge in [0.1, 0.15) is 18.3 Å². The van der Waals surface area contributed by atoms with Crippen LogP contribution in [-0.4, -0.2) is 40.5 Å². The van der Waals surface area contributed by atoms with Crippen molar-refractivity contribution in [2.24, 2.45) is 5.92 Å². The summed E-state index contributed by atoms with van der Waals surface area (Å²) in [7, 11) is 0. The predicted octanol–water partition coefficient (Wildman–Crippen LogP) is 0.888. The SMILES string of the molecule is Cc1cc(NC(=O)CN2C(=O)N[C@@H](CC(C)C)C2=O)no1. The van der Waals surface area contributed by atoms with Crippen molar-refractivity contribution in [1.29, 1.82) is 0 Å². The molecule has 21 heavy (non-hydrogen) atoms. The molecule has 0 unspecified atom stereocenters. The topological polar surface area (TPSA) is 105 Å². The second kappa shape index (κ2) is 5.94. The van der Waals surface area contributed by atoms with Crippen LogP contribution in [0.2, 0.25) is 0 Å². The minimum Gasteiger partial charge on any atom is -0.360 e. The molecule has 8 nitrogen and oxygen atoms in total. The number of rotatable bonds is 5. The third-order valence-electron chi connectivity index (χ3n) is 3.01. The van der Waals surface area contributed by atoms with Crippen LogP contribution < -0.4 is 10.6 Å². The third kappa shape index (κ3) is 3.59. The van der Waals surface area contributed by atoms with E-state index in [1.807, 2.05) is 13.8 Å². The predicted molar refractivity (Wildman–Crippen MR) is 73.4 cm³/mol. The molecule has 0 aliphatic carbocycles. The number of nitrogens with zero attached hydrogens (tertiary/aromatic N) is 2. The number of hydrogen-bond acceptors (Lipinski definition) is 5. The zero-order valence-electron chi connectivity index (χ0n) is 12.2. The average Bonchev–Trinajstić information content (AvgIpc) is 2.88. The van der Waals surface area contributed by atoms with Crippen LogP contribution in [0.1, 0.15) is 26.0 Å². The largest absolute Gasteiger partial charge is 0.360 e. The van der Waals surface area contributed by atoms with Crippen molar-refractivity contribution in [1.82, 2.24) is 15.4 Å². The lowest BCUT2D eigenvalue weighted by Gasteiger charge is -2.13. The quantitative estimate of drug-likeness (QED) is 0.785. The van der Waals surface area contributed by atoms with Crippen LogP contribution in [0.3, 0.4) is 0 Å². The van der Waals surface area contributed by atoms with E-state index < -0.39 is 18.0 Å². The van der Waals surface area contributed by atoms with Crippen molar-refractivity contribution >= 4 is 23.7 Å². The maximum absolute atomic E-state index is 12.1. The van der Waals surface area contributed by atoms with Crippen molar-refractivity contribution in [3.05, 3.63) is 11.8 Å². The molecule has 4 amide bonds. The van der Waals surface area contributed by atoms with Gasteiger partial charge in [0.2, 0.25) is 5.91 Å². The molecule has 1 aliphatic heterocycles. The summed E-state index contributed by atoms with van der Waals surface area (Å²) in [5.41, 5.74) is 0. The van der Waals surface area contributed by atoms with Crippen molar-refractivity contribution in [2.75, 3.05) is 11.9 Å². The molecule has 1 aliphatic rings.